The molecule has 0 spiro atoms. The van der Waals surface area contributed by atoms with Crippen molar-refractivity contribution >= 4 is 11.6 Å². The molecule has 0 aliphatic carbocycles. The van der Waals surface area contributed by atoms with Gasteiger partial charge in [0, 0.05) is 17.3 Å². The Balaban J connectivity index is 1.92. The third kappa shape index (κ3) is 4.14. The molecule has 0 saturated carbocycles. The van der Waals surface area contributed by atoms with Gasteiger partial charge in [-0.05, 0) is 38.0 Å². The van der Waals surface area contributed by atoms with Crippen LogP contribution in [0.15, 0.2) is 65.5 Å². The first-order valence-electron chi connectivity index (χ1n) is 9.03. The van der Waals surface area contributed by atoms with Crippen LogP contribution < -0.4 is 10.9 Å². The van der Waals surface area contributed by atoms with Gasteiger partial charge in [0.05, 0.1) is 5.69 Å². The second-order valence-electron chi connectivity index (χ2n) is 6.60. The van der Waals surface area contributed by atoms with Crippen LogP contribution in [0.2, 0.25) is 0 Å². The average molecular weight is 361 g/mol. The van der Waals surface area contributed by atoms with Crippen LogP contribution in [0.1, 0.15) is 30.5 Å². The second-order valence-corrected chi connectivity index (χ2v) is 6.60. The van der Waals surface area contributed by atoms with Gasteiger partial charge in [-0.25, -0.2) is 4.68 Å². The number of aromatic nitrogens is 2. The van der Waals surface area contributed by atoms with Crippen molar-refractivity contribution in [2.24, 2.45) is 0 Å². The summed E-state index contributed by atoms with van der Waals surface area (Å²) in [6, 6.07) is 17.9. The number of hydrogen-bond acceptors (Lipinski definition) is 3. The standard InChI is InChI=1S/C22H23N3O2/c1-4-20(22(27)23-18-11-10-15(2)14-16(18)3)25-21(26)13-12-19(24-25)17-8-6-5-7-9-17/h5-14,20H,4H2,1-3H3,(H,23,27). The lowest BCUT2D eigenvalue weighted by molar-refractivity contribution is -0.119. The topological polar surface area (TPSA) is 64.0 Å². The average Bonchev–Trinajstić information content (AvgIpc) is 2.67. The van der Waals surface area contributed by atoms with Crippen LogP contribution in [0.3, 0.4) is 0 Å². The van der Waals surface area contributed by atoms with Gasteiger partial charge in [0.2, 0.25) is 5.91 Å². The fourth-order valence-corrected chi connectivity index (χ4v) is 3.05. The number of benzene rings is 2. The third-order valence-corrected chi connectivity index (χ3v) is 4.52. The number of nitrogens with zero attached hydrogens (tertiary/aromatic N) is 2. The molecule has 0 saturated heterocycles. The van der Waals surface area contributed by atoms with Crippen molar-refractivity contribution < 1.29 is 4.79 Å². The number of rotatable bonds is 5. The second kappa shape index (κ2) is 7.99. The highest BCUT2D eigenvalue weighted by Gasteiger charge is 2.22. The zero-order valence-electron chi connectivity index (χ0n) is 15.8. The van der Waals surface area contributed by atoms with Gasteiger partial charge in [0.25, 0.3) is 5.56 Å². The SMILES string of the molecule is CCC(C(=O)Nc1ccc(C)cc1C)n1nc(-c2ccccc2)ccc1=O. The van der Waals surface area contributed by atoms with Crippen LogP contribution >= 0.6 is 0 Å². The number of anilines is 1. The molecule has 0 bridgehead atoms. The maximum atomic E-state index is 12.9. The highest BCUT2D eigenvalue weighted by molar-refractivity contribution is 5.94. The minimum atomic E-state index is -0.679. The van der Waals surface area contributed by atoms with Gasteiger partial charge in [0.15, 0.2) is 0 Å². The molecule has 2 aromatic carbocycles. The summed E-state index contributed by atoms with van der Waals surface area (Å²) in [6.07, 6.45) is 0.460. The van der Waals surface area contributed by atoms with E-state index in [1.54, 1.807) is 6.07 Å². The summed E-state index contributed by atoms with van der Waals surface area (Å²) >= 11 is 0. The molecule has 0 radical (unpaired) electrons. The first kappa shape index (κ1) is 18.6. The van der Waals surface area contributed by atoms with Crippen LogP contribution in [-0.4, -0.2) is 15.7 Å². The molecule has 1 aromatic heterocycles. The first-order chi connectivity index (χ1) is 13.0. The Morgan fingerprint density at radius 3 is 2.48 bits per heavy atom. The van der Waals surface area contributed by atoms with Crippen molar-refractivity contribution in [1.82, 2.24) is 9.78 Å². The van der Waals surface area contributed by atoms with Gasteiger partial charge in [0.1, 0.15) is 6.04 Å². The van der Waals surface area contributed by atoms with Crippen molar-refractivity contribution in [3.63, 3.8) is 0 Å². The summed E-state index contributed by atoms with van der Waals surface area (Å²) in [5.41, 5.74) is 4.13. The fourth-order valence-electron chi connectivity index (χ4n) is 3.05. The summed E-state index contributed by atoms with van der Waals surface area (Å²) in [5.74, 6) is -0.246. The Morgan fingerprint density at radius 2 is 1.81 bits per heavy atom. The summed E-state index contributed by atoms with van der Waals surface area (Å²) in [7, 11) is 0. The van der Waals surface area contributed by atoms with E-state index in [2.05, 4.69) is 10.4 Å². The number of hydrogen-bond donors (Lipinski definition) is 1. The zero-order chi connectivity index (χ0) is 19.4. The number of carbonyl (C=O) groups is 1. The van der Waals surface area contributed by atoms with Crippen molar-refractivity contribution in [3.05, 3.63) is 82.1 Å². The Kier molecular flexibility index (Phi) is 5.50. The molecule has 1 atom stereocenters. The minimum absolute atomic E-state index is 0.246. The Bertz CT molecular complexity index is 1010. The lowest BCUT2D eigenvalue weighted by Crippen LogP contribution is -2.34. The van der Waals surface area contributed by atoms with Crippen molar-refractivity contribution in [1.29, 1.82) is 0 Å². The predicted octanol–water partition coefficient (Wildman–Crippen LogP) is 4.12. The van der Waals surface area contributed by atoms with E-state index < -0.39 is 6.04 Å². The number of aryl methyl sites for hydroxylation is 2. The first-order valence-corrected chi connectivity index (χ1v) is 9.03. The van der Waals surface area contributed by atoms with E-state index in [4.69, 9.17) is 0 Å². The van der Waals surface area contributed by atoms with Gasteiger partial charge in [-0.2, -0.15) is 5.10 Å². The lowest BCUT2D eigenvalue weighted by Gasteiger charge is -2.18. The molecule has 27 heavy (non-hydrogen) atoms. The fraction of sp³-hybridized carbons (Fsp3) is 0.227. The maximum absolute atomic E-state index is 12.9. The van der Waals surface area contributed by atoms with Crippen LogP contribution in [0, 0.1) is 13.8 Å². The summed E-state index contributed by atoms with van der Waals surface area (Å²) in [5, 5.41) is 7.39. The summed E-state index contributed by atoms with van der Waals surface area (Å²) < 4.78 is 1.28. The molecule has 5 heteroatoms. The summed E-state index contributed by atoms with van der Waals surface area (Å²) in [4.78, 5) is 25.3. The number of carbonyl (C=O) groups excluding carboxylic acids is 1. The van der Waals surface area contributed by atoms with Gasteiger partial charge < -0.3 is 5.32 Å². The van der Waals surface area contributed by atoms with Gasteiger partial charge >= 0.3 is 0 Å². The smallest absolute Gasteiger partial charge is 0.267 e. The molecular formula is C22H23N3O2. The van der Waals surface area contributed by atoms with Crippen molar-refractivity contribution in [3.8, 4) is 11.3 Å². The van der Waals surface area contributed by atoms with Gasteiger partial charge in [-0.1, -0.05) is 55.0 Å². The Hall–Kier alpha value is -3.21. The molecule has 3 aromatic rings. The van der Waals surface area contributed by atoms with Crippen LogP contribution in [0.4, 0.5) is 5.69 Å². The largest absolute Gasteiger partial charge is 0.324 e. The third-order valence-electron chi connectivity index (χ3n) is 4.52. The minimum Gasteiger partial charge on any atom is -0.324 e. The molecule has 1 heterocycles. The van der Waals surface area contributed by atoms with Crippen LogP contribution in [0.5, 0.6) is 0 Å². The molecule has 0 fully saturated rings. The normalized spacial score (nSPS) is 11.8. The Labute approximate surface area is 158 Å². The van der Waals surface area contributed by atoms with Crippen molar-refractivity contribution in [2.45, 2.75) is 33.2 Å². The van der Waals surface area contributed by atoms with E-state index in [1.165, 1.54) is 10.7 Å². The van der Waals surface area contributed by atoms with E-state index in [0.29, 0.717) is 12.1 Å². The highest BCUT2D eigenvalue weighted by atomic mass is 16.2. The molecule has 1 amide bonds. The van der Waals surface area contributed by atoms with E-state index >= 15 is 0 Å². The molecule has 1 N–H and O–H groups in total. The molecule has 0 aliphatic heterocycles. The molecule has 3 rings (SSSR count). The van der Waals surface area contributed by atoms with Gasteiger partial charge in [-0.3, -0.25) is 9.59 Å². The maximum Gasteiger partial charge on any atom is 0.267 e. The monoisotopic (exact) mass is 361 g/mol. The van der Waals surface area contributed by atoms with Crippen LogP contribution in [-0.2, 0) is 4.79 Å². The quantitative estimate of drug-likeness (QED) is 0.743. The molecule has 5 nitrogen and oxygen atoms in total. The van der Waals surface area contributed by atoms with E-state index in [0.717, 1.165) is 22.4 Å². The Morgan fingerprint density at radius 1 is 1.07 bits per heavy atom. The summed E-state index contributed by atoms with van der Waals surface area (Å²) in [6.45, 7) is 5.82. The zero-order valence-corrected chi connectivity index (χ0v) is 15.8. The van der Waals surface area contributed by atoms with Gasteiger partial charge in [-0.15, -0.1) is 0 Å². The van der Waals surface area contributed by atoms with E-state index in [9.17, 15) is 9.59 Å². The van der Waals surface area contributed by atoms with Crippen LogP contribution in [0.25, 0.3) is 11.3 Å². The molecule has 0 aliphatic rings. The molecule has 1 unspecified atom stereocenters. The van der Waals surface area contributed by atoms with Crippen molar-refractivity contribution in [2.75, 3.05) is 5.32 Å². The molecule has 138 valence electrons. The molecular weight excluding hydrogens is 338 g/mol. The number of nitrogens with one attached hydrogen (secondary N) is 1. The van der Waals surface area contributed by atoms with E-state index in [-0.39, 0.29) is 11.5 Å². The highest BCUT2D eigenvalue weighted by Crippen LogP contribution is 2.20. The number of amides is 1. The lowest BCUT2D eigenvalue weighted by atomic mass is 10.1. The van der Waals surface area contributed by atoms with E-state index in [1.807, 2.05) is 69.3 Å². The predicted molar refractivity (Wildman–Crippen MR) is 108 cm³/mol.